The number of carbonyl (C=O) groups excluding carboxylic acids is 2. The first-order valence-electron chi connectivity index (χ1n) is 8.34. The number of hydrogen-bond acceptors (Lipinski definition) is 3. The number of benzene rings is 2. The summed E-state index contributed by atoms with van der Waals surface area (Å²) < 4.78 is 4.62. The summed E-state index contributed by atoms with van der Waals surface area (Å²) in [5.74, 6) is -0.793. The van der Waals surface area contributed by atoms with E-state index in [0.29, 0.717) is 6.54 Å². The van der Waals surface area contributed by atoms with Gasteiger partial charge in [-0.05, 0) is 17.5 Å². The molecule has 2 rings (SSSR count). The molecule has 0 spiro atoms. The van der Waals surface area contributed by atoms with Crippen LogP contribution >= 0.6 is 0 Å². The van der Waals surface area contributed by atoms with Crippen molar-refractivity contribution in [1.29, 1.82) is 0 Å². The number of carbonyl (C=O) groups is 2. The highest BCUT2D eigenvalue weighted by molar-refractivity contribution is 5.95. The molecular weight excluding hydrogens is 314 g/mol. The van der Waals surface area contributed by atoms with Gasteiger partial charge in [-0.1, -0.05) is 67.6 Å². The summed E-state index contributed by atoms with van der Waals surface area (Å²) in [7, 11) is 1.29. The summed E-state index contributed by atoms with van der Waals surface area (Å²) in [6.07, 6.45) is 2.36. The van der Waals surface area contributed by atoms with E-state index in [1.807, 2.05) is 73.8 Å². The van der Waals surface area contributed by atoms with Gasteiger partial charge in [-0.15, -0.1) is 0 Å². The quantitative estimate of drug-likeness (QED) is 0.569. The minimum atomic E-state index is -0.527. The van der Waals surface area contributed by atoms with E-state index in [2.05, 4.69) is 4.74 Å². The van der Waals surface area contributed by atoms with Crippen LogP contribution in [0.5, 0.6) is 0 Å². The van der Waals surface area contributed by atoms with Crippen molar-refractivity contribution in [3.63, 3.8) is 0 Å². The van der Waals surface area contributed by atoms with E-state index in [9.17, 15) is 9.59 Å². The molecule has 130 valence electrons. The Labute approximate surface area is 148 Å². The molecule has 0 atom stereocenters. The summed E-state index contributed by atoms with van der Waals surface area (Å²) in [4.78, 5) is 25.6. The highest BCUT2D eigenvalue weighted by atomic mass is 16.5. The molecule has 0 fully saturated rings. The van der Waals surface area contributed by atoms with E-state index in [-0.39, 0.29) is 12.3 Å². The topological polar surface area (TPSA) is 46.6 Å². The number of methoxy groups -OCH3 is 1. The van der Waals surface area contributed by atoms with Crippen molar-refractivity contribution >= 4 is 17.4 Å². The molecule has 0 heterocycles. The van der Waals surface area contributed by atoms with Gasteiger partial charge in [0.25, 0.3) is 0 Å². The number of ether oxygens (including phenoxy) is 1. The van der Waals surface area contributed by atoms with Gasteiger partial charge >= 0.3 is 5.97 Å². The molecule has 0 aromatic heterocycles. The fourth-order valence-electron chi connectivity index (χ4n) is 2.51. The Balaban J connectivity index is 2.42. The van der Waals surface area contributed by atoms with Crippen molar-refractivity contribution in [3.05, 3.63) is 78.0 Å². The maximum absolute atomic E-state index is 12.5. The lowest BCUT2D eigenvalue weighted by molar-refractivity contribution is -0.145. The van der Waals surface area contributed by atoms with Crippen LogP contribution in [0, 0.1) is 0 Å². The Kier molecular flexibility index (Phi) is 6.96. The third-order valence-corrected chi connectivity index (χ3v) is 3.76. The van der Waals surface area contributed by atoms with Crippen molar-refractivity contribution < 1.29 is 14.3 Å². The van der Waals surface area contributed by atoms with Crippen LogP contribution in [-0.2, 0) is 14.3 Å². The van der Waals surface area contributed by atoms with Crippen molar-refractivity contribution in [3.8, 4) is 0 Å². The predicted octanol–water partition coefficient (Wildman–Crippen LogP) is 3.88. The molecule has 0 aliphatic rings. The van der Waals surface area contributed by atoms with Crippen LogP contribution in [0.2, 0.25) is 0 Å². The fourth-order valence-corrected chi connectivity index (χ4v) is 2.51. The van der Waals surface area contributed by atoms with Gasteiger partial charge < -0.3 is 9.64 Å². The molecule has 0 bridgehead atoms. The van der Waals surface area contributed by atoms with E-state index < -0.39 is 5.97 Å². The molecule has 25 heavy (non-hydrogen) atoms. The minimum absolute atomic E-state index is 0.260. The molecule has 0 unspecified atom stereocenters. The highest BCUT2D eigenvalue weighted by Crippen LogP contribution is 2.24. The summed E-state index contributed by atoms with van der Waals surface area (Å²) in [6, 6.07) is 19.8. The highest BCUT2D eigenvalue weighted by Gasteiger charge is 2.17. The average Bonchev–Trinajstić information content (AvgIpc) is 2.66. The number of nitrogens with zero attached hydrogens (tertiary/aromatic N) is 1. The van der Waals surface area contributed by atoms with Crippen molar-refractivity contribution in [1.82, 2.24) is 4.90 Å². The molecule has 0 aliphatic heterocycles. The lowest BCUT2D eigenvalue weighted by atomic mass is 9.98. The zero-order valence-corrected chi connectivity index (χ0v) is 14.6. The van der Waals surface area contributed by atoms with Crippen molar-refractivity contribution in [2.24, 2.45) is 0 Å². The second-order valence-corrected chi connectivity index (χ2v) is 5.61. The number of rotatable bonds is 7. The summed E-state index contributed by atoms with van der Waals surface area (Å²) >= 11 is 0. The maximum Gasteiger partial charge on any atom is 0.315 e. The van der Waals surface area contributed by atoms with Gasteiger partial charge in [0.15, 0.2) is 0 Å². The zero-order chi connectivity index (χ0) is 18.1. The molecule has 0 radical (unpaired) electrons. The molecule has 2 aromatic carbocycles. The zero-order valence-electron chi connectivity index (χ0n) is 14.6. The van der Waals surface area contributed by atoms with Gasteiger partial charge in [0, 0.05) is 18.3 Å². The molecule has 0 saturated carbocycles. The predicted molar refractivity (Wildman–Crippen MR) is 98.6 cm³/mol. The summed E-state index contributed by atoms with van der Waals surface area (Å²) in [5, 5.41) is 0. The molecule has 1 amide bonds. The first-order valence-corrected chi connectivity index (χ1v) is 8.34. The number of hydrogen-bond donors (Lipinski definition) is 0. The van der Waals surface area contributed by atoms with Crippen LogP contribution in [0.3, 0.4) is 0 Å². The lowest BCUT2D eigenvalue weighted by Gasteiger charge is -2.20. The Morgan fingerprint density at radius 2 is 1.48 bits per heavy atom. The van der Waals surface area contributed by atoms with Gasteiger partial charge in [-0.3, -0.25) is 9.59 Å². The van der Waals surface area contributed by atoms with Gasteiger partial charge in [0.1, 0.15) is 6.42 Å². The van der Waals surface area contributed by atoms with Gasteiger partial charge in [-0.2, -0.15) is 0 Å². The largest absolute Gasteiger partial charge is 0.469 e. The van der Waals surface area contributed by atoms with Gasteiger partial charge in [0.2, 0.25) is 5.91 Å². The Hall–Kier alpha value is -2.88. The molecule has 0 aliphatic carbocycles. The fraction of sp³-hybridized carbons (Fsp3) is 0.238. The second kappa shape index (κ2) is 9.42. The van der Waals surface area contributed by atoms with Crippen LogP contribution in [0.4, 0.5) is 0 Å². The SMILES string of the molecule is CCCN(C=C(c1ccccc1)c1ccccc1)C(=O)CC(=O)OC. The van der Waals surface area contributed by atoms with E-state index in [4.69, 9.17) is 0 Å². The Morgan fingerprint density at radius 1 is 0.960 bits per heavy atom. The van der Waals surface area contributed by atoms with Crippen LogP contribution in [-0.4, -0.2) is 30.4 Å². The van der Waals surface area contributed by atoms with Gasteiger partial charge in [-0.25, -0.2) is 0 Å². The monoisotopic (exact) mass is 337 g/mol. The first-order chi connectivity index (χ1) is 12.2. The number of amides is 1. The summed E-state index contributed by atoms with van der Waals surface area (Å²) in [6.45, 7) is 2.54. The molecule has 0 N–H and O–H groups in total. The Bertz CT molecular complexity index is 682. The molecule has 4 heteroatoms. The van der Waals surface area contributed by atoms with Crippen LogP contribution in [0.15, 0.2) is 66.9 Å². The van der Waals surface area contributed by atoms with Crippen molar-refractivity contribution in [2.75, 3.05) is 13.7 Å². The standard InChI is InChI=1S/C21H23NO3/c1-3-14-22(20(23)15-21(24)25-2)16-19(17-10-6-4-7-11-17)18-12-8-5-9-13-18/h4-13,16H,3,14-15H2,1-2H3. The smallest absolute Gasteiger partial charge is 0.315 e. The van der Waals surface area contributed by atoms with E-state index in [1.54, 1.807) is 4.90 Å². The van der Waals surface area contributed by atoms with Crippen LogP contribution in [0.25, 0.3) is 5.57 Å². The normalized spacial score (nSPS) is 10.0. The third kappa shape index (κ3) is 5.31. The van der Waals surface area contributed by atoms with E-state index >= 15 is 0 Å². The van der Waals surface area contributed by atoms with Crippen LogP contribution in [0.1, 0.15) is 30.9 Å². The minimum Gasteiger partial charge on any atom is -0.469 e. The molecule has 4 nitrogen and oxygen atoms in total. The molecule has 2 aromatic rings. The molecular formula is C21H23NO3. The first kappa shape index (κ1) is 18.5. The summed E-state index contributed by atoms with van der Waals surface area (Å²) in [5.41, 5.74) is 2.97. The third-order valence-electron chi connectivity index (χ3n) is 3.76. The number of esters is 1. The van der Waals surface area contributed by atoms with E-state index in [0.717, 1.165) is 23.1 Å². The van der Waals surface area contributed by atoms with Gasteiger partial charge in [0.05, 0.1) is 7.11 Å². The average molecular weight is 337 g/mol. The van der Waals surface area contributed by atoms with E-state index in [1.165, 1.54) is 7.11 Å². The van der Waals surface area contributed by atoms with Crippen LogP contribution < -0.4 is 0 Å². The van der Waals surface area contributed by atoms with Crippen molar-refractivity contribution in [2.45, 2.75) is 19.8 Å². The molecule has 0 saturated heterocycles. The lowest BCUT2D eigenvalue weighted by Crippen LogP contribution is -2.29. The Morgan fingerprint density at radius 3 is 1.92 bits per heavy atom. The maximum atomic E-state index is 12.5. The second-order valence-electron chi connectivity index (χ2n) is 5.61.